The molecule has 0 aromatic rings. The Hall–Kier alpha value is -0.0336. The Kier molecular flexibility index (Phi) is 8.99. The predicted molar refractivity (Wildman–Crippen MR) is 60.5 cm³/mol. The van der Waals surface area contributed by atoms with Gasteiger partial charge < -0.3 is 4.18 Å². The fraction of sp³-hybridized carbons (Fsp3) is 0.875. The van der Waals surface area contributed by atoms with Crippen LogP contribution in [0.25, 0.3) is 0 Å². The molecule has 0 fully saturated rings. The first kappa shape index (κ1) is 32.1. The first-order valence-corrected chi connectivity index (χ1v) is 7.04. The monoisotopic (exact) mass is 534 g/mol. The van der Waals surface area contributed by atoms with E-state index in [9.17, 15) is 79.1 Å². The van der Waals surface area contributed by atoms with Crippen LogP contribution in [0.1, 0.15) is 0 Å². The van der Waals surface area contributed by atoms with Gasteiger partial charge in [0, 0.05) is 0 Å². The van der Waals surface area contributed by atoms with Gasteiger partial charge in [0.25, 0.3) is 0 Å². The molecule has 0 unspecified atom stereocenters. The van der Waals surface area contributed by atoms with Crippen LogP contribution in [-0.4, -0.2) is 112 Å². The molecular weight excluding hydrogens is 532 g/mol. The van der Waals surface area contributed by atoms with Gasteiger partial charge in [-0.15, -0.1) is 0 Å². The summed E-state index contributed by atoms with van der Waals surface area (Å²) in [5, 5.41) is 0. The predicted octanol–water partition coefficient (Wildman–Crippen LogP) is 3.06. The van der Waals surface area contributed by atoms with Gasteiger partial charge in [-0.3, -0.25) is 4.55 Å². The molecule has 0 spiro atoms. The molecule has 0 bridgehead atoms. The fourth-order valence-corrected chi connectivity index (χ4v) is 1.54. The van der Waals surface area contributed by atoms with E-state index < -0.39 is 58.1 Å². The van der Waals surface area contributed by atoms with Gasteiger partial charge in [0.1, 0.15) is 0 Å². The van der Waals surface area contributed by atoms with Crippen molar-refractivity contribution in [1.29, 1.82) is 0 Å². The molecule has 1 N–H and O–H groups in total. The molecular formula is C8H2F15KO5S. The molecule has 0 rings (SSSR count). The van der Waals surface area contributed by atoms with E-state index >= 15 is 0 Å². The molecule has 0 saturated carbocycles. The molecule has 5 nitrogen and oxygen atoms in total. The molecule has 0 aromatic heterocycles. The van der Waals surface area contributed by atoms with Crippen molar-refractivity contribution in [2.75, 3.05) is 0 Å². The Bertz CT molecular complexity index is 757. The Labute approximate surface area is 196 Å². The van der Waals surface area contributed by atoms with Gasteiger partial charge in [-0.25, -0.2) is 4.79 Å². The fourth-order valence-electron chi connectivity index (χ4n) is 1.24. The summed E-state index contributed by atoms with van der Waals surface area (Å²) in [4.78, 5) is 10.4. The van der Waals surface area contributed by atoms with Gasteiger partial charge in [0.2, 0.25) is 0 Å². The average Bonchev–Trinajstić information content (AvgIpc) is 2.42. The zero-order valence-corrected chi connectivity index (χ0v) is 13.0. The van der Waals surface area contributed by atoms with Crippen LogP contribution in [0.5, 0.6) is 0 Å². The third-order valence-corrected chi connectivity index (χ3v) is 3.13. The summed E-state index contributed by atoms with van der Waals surface area (Å²) >= 11 is 0. The van der Waals surface area contributed by atoms with Crippen LogP contribution in [-0.2, 0) is 19.4 Å². The number of carbonyl (C=O) groups is 1. The van der Waals surface area contributed by atoms with Crippen molar-refractivity contribution in [1.82, 2.24) is 0 Å². The summed E-state index contributed by atoms with van der Waals surface area (Å²) in [7, 11) is -6.53. The van der Waals surface area contributed by atoms with Gasteiger partial charge in [-0.05, 0) is 0 Å². The summed E-state index contributed by atoms with van der Waals surface area (Å²) in [6.45, 7) is 0. The number of halogens is 15. The molecule has 22 heteroatoms. The third kappa shape index (κ3) is 4.82. The molecule has 0 aliphatic rings. The van der Waals surface area contributed by atoms with Gasteiger partial charge in [-0.1, -0.05) is 0 Å². The first-order chi connectivity index (χ1) is 12.1. The summed E-state index contributed by atoms with van der Waals surface area (Å²) in [6.07, 6.45) is -7.79. The summed E-state index contributed by atoms with van der Waals surface area (Å²) < 4.78 is 220. The number of alkyl halides is 15. The van der Waals surface area contributed by atoms with Crippen molar-refractivity contribution in [2.45, 2.75) is 41.7 Å². The van der Waals surface area contributed by atoms with Gasteiger partial charge in [0.05, 0.1) is 0 Å². The van der Waals surface area contributed by atoms with Crippen molar-refractivity contribution >= 4 is 67.8 Å². The molecule has 0 saturated heterocycles. The molecule has 0 atom stereocenters. The number of carbonyl (C=O) groups excluding carboxylic acids is 1. The van der Waals surface area contributed by atoms with E-state index in [1.807, 2.05) is 0 Å². The van der Waals surface area contributed by atoms with Crippen molar-refractivity contribution in [3.05, 3.63) is 0 Å². The molecule has 0 aromatic carbocycles. The van der Waals surface area contributed by atoms with Crippen molar-refractivity contribution in [2.24, 2.45) is 0 Å². The van der Waals surface area contributed by atoms with Gasteiger partial charge in [-0.2, -0.15) is 74.3 Å². The second-order valence-corrected chi connectivity index (χ2v) is 5.76. The van der Waals surface area contributed by atoms with E-state index in [4.69, 9.17) is 4.55 Å². The summed E-state index contributed by atoms with van der Waals surface area (Å²) in [5.74, 6) is -54.3. The molecule has 0 heterocycles. The Balaban J connectivity index is 0. The topological polar surface area (TPSA) is 80.7 Å². The Morgan fingerprint density at radius 1 is 0.600 bits per heavy atom. The van der Waals surface area contributed by atoms with Crippen molar-refractivity contribution < 1.29 is 87.8 Å². The molecule has 30 heavy (non-hydrogen) atoms. The van der Waals surface area contributed by atoms with Gasteiger partial charge >= 0.3 is 109 Å². The maximum atomic E-state index is 13.1. The normalized spacial score (nSPS) is 15.5. The standard InChI is InChI=1S/C8HF15O5S.K.H/c9-2(10,1(24)28-29(25,26)27)3(11,12)4(13,14)5(15,16)6(17,18)7(19,20)8(21,22)23;;/h(H,25,26,27);;. The van der Waals surface area contributed by atoms with E-state index in [1.165, 1.54) is 0 Å². The Morgan fingerprint density at radius 2 is 0.867 bits per heavy atom. The van der Waals surface area contributed by atoms with Crippen LogP contribution in [0, 0.1) is 0 Å². The minimum atomic E-state index is -8.65. The van der Waals surface area contributed by atoms with E-state index in [1.54, 1.807) is 0 Å². The van der Waals surface area contributed by atoms with Crippen LogP contribution in [0.3, 0.4) is 0 Å². The van der Waals surface area contributed by atoms with Crippen molar-refractivity contribution in [3.63, 3.8) is 0 Å². The van der Waals surface area contributed by atoms with E-state index in [0.29, 0.717) is 0 Å². The van der Waals surface area contributed by atoms with Crippen LogP contribution in [0.4, 0.5) is 65.9 Å². The van der Waals surface area contributed by atoms with Crippen LogP contribution >= 0.6 is 0 Å². The quantitative estimate of drug-likeness (QED) is 0.309. The summed E-state index contributed by atoms with van der Waals surface area (Å²) in [5.41, 5.74) is 0. The summed E-state index contributed by atoms with van der Waals surface area (Å²) in [6, 6.07) is 0. The van der Waals surface area contributed by atoms with E-state index in [0.717, 1.165) is 0 Å². The maximum absolute atomic E-state index is 13.1. The van der Waals surface area contributed by atoms with E-state index in [2.05, 4.69) is 4.18 Å². The molecule has 176 valence electrons. The second-order valence-electron chi connectivity index (χ2n) is 4.74. The van der Waals surface area contributed by atoms with Crippen LogP contribution < -0.4 is 0 Å². The molecule has 0 amide bonds. The number of hydrogen-bond donors (Lipinski definition) is 1. The SMILES string of the molecule is O=C(OS(=O)(=O)O)C(F)(F)C(F)(F)C(F)(F)C(F)(F)C(F)(F)C(F)(F)C(F)(F)F.[KH]. The average molecular weight is 534 g/mol. The number of hydrogen-bond acceptors (Lipinski definition) is 4. The first-order valence-electron chi connectivity index (χ1n) is 5.68. The van der Waals surface area contributed by atoms with E-state index in [-0.39, 0.29) is 51.4 Å². The third-order valence-electron chi connectivity index (χ3n) is 2.77. The van der Waals surface area contributed by atoms with Gasteiger partial charge in [0.15, 0.2) is 0 Å². The molecule has 0 aliphatic carbocycles. The molecule has 0 aliphatic heterocycles. The Morgan fingerprint density at radius 3 is 1.13 bits per heavy atom. The zero-order valence-electron chi connectivity index (χ0n) is 12.2. The zero-order chi connectivity index (χ0) is 24.3. The minimum absolute atomic E-state index is 0. The van der Waals surface area contributed by atoms with Crippen molar-refractivity contribution in [3.8, 4) is 0 Å². The second kappa shape index (κ2) is 8.39. The number of rotatable bonds is 7. The molecule has 0 radical (unpaired) electrons. The van der Waals surface area contributed by atoms with Crippen LogP contribution in [0.15, 0.2) is 0 Å². The van der Waals surface area contributed by atoms with Crippen LogP contribution in [0.2, 0.25) is 0 Å².